The highest BCUT2D eigenvalue weighted by Crippen LogP contribution is 2.41. The molecule has 0 spiro atoms. The second-order valence-corrected chi connectivity index (χ2v) is 6.96. The monoisotopic (exact) mass is 279 g/mol. The number of rotatable bonds is 3. The van der Waals surface area contributed by atoms with E-state index in [1.165, 1.54) is 44.1 Å². The number of hydrogen-bond acceptors (Lipinski definition) is 1. The number of benzene rings is 1. The quantitative estimate of drug-likeness (QED) is 0.774. The molecule has 0 aromatic heterocycles. The molecule has 3 aliphatic rings. The molecular formula is C20H25N. The van der Waals surface area contributed by atoms with Crippen molar-refractivity contribution in [2.45, 2.75) is 57.0 Å². The van der Waals surface area contributed by atoms with Crippen LogP contribution in [-0.4, -0.2) is 17.0 Å². The summed E-state index contributed by atoms with van der Waals surface area (Å²) >= 11 is 0. The summed E-state index contributed by atoms with van der Waals surface area (Å²) in [4.78, 5) is 2.80. The summed E-state index contributed by atoms with van der Waals surface area (Å²) in [6.45, 7) is 0. The molecule has 2 bridgehead atoms. The van der Waals surface area contributed by atoms with Gasteiger partial charge in [0.2, 0.25) is 0 Å². The van der Waals surface area contributed by atoms with Gasteiger partial charge in [0.05, 0.1) is 0 Å². The summed E-state index contributed by atoms with van der Waals surface area (Å²) in [5.41, 5.74) is 3.11. The van der Waals surface area contributed by atoms with Crippen molar-refractivity contribution in [3.8, 4) is 0 Å². The molecule has 1 aromatic carbocycles. The van der Waals surface area contributed by atoms with E-state index in [1.807, 2.05) is 0 Å². The standard InChI is InChI=1S/C20H25N/c1-2-7-16(8-3-1)13-17-14-19-11-6-12-20(15-17)21(19)18-9-4-5-10-18/h1-5,7-9,17,19-20H,6,10-15H2/t17-,19+,20-. The maximum absolute atomic E-state index is 2.80. The third-order valence-electron chi connectivity index (χ3n) is 5.52. The average Bonchev–Trinajstić information content (AvgIpc) is 3.01. The number of allylic oxidation sites excluding steroid dienone is 3. The number of fused-ring (bicyclic) bond motifs is 2. The van der Waals surface area contributed by atoms with Crippen LogP contribution in [0.3, 0.4) is 0 Å². The van der Waals surface area contributed by atoms with Crippen LogP contribution in [0.15, 0.2) is 54.3 Å². The first-order valence-electron chi connectivity index (χ1n) is 8.58. The Morgan fingerprint density at radius 3 is 2.43 bits per heavy atom. The predicted molar refractivity (Wildman–Crippen MR) is 88.0 cm³/mol. The highest BCUT2D eigenvalue weighted by Gasteiger charge is 2.38. The number of nitrogens with zero attached hydrogens (tertiary/aromatic N) is 1. The zero-order valence-corrected chi connectivity index (χ0v) is 12.7. The topological polar surface area (TPSA) is 3.24 Å². The molecule has 1 nitrogen and oxygen atoms in total. The zero-order chi connectivity index (χ0) is 14.1. The van der Waals surface area contributed by atoms with Gasteiger partial charge in [-0.1, -0.05) is 42.5 Å². The van der Waals surface area contributed by atoms with Crippen LogP contribution in [0.5, 0.6) is 0 Å². The van der Waals surface area contributed by atoms with Gasteiger partial charge in [0.1, 0.15) is 0 Å². The van der Waals surface area contributed by atoms with Gasteiger partial charge in [-0.3, -0.25) is 0 Å². The van der Waals surface area contributed by atoms with Crippen molar-refractivity contribution in [3.05, 3.63) is 59.8 Å². The molecule has 2 heterocycles. The van der Waals surface area contributed by atoms with Crippen molar-refractivity contribution in [1.29, 1.82) is 0 Å². The molecule has 0 N–H and O–H groups in total. The average molecular weight is 279 g/mol. The second kappa shape index (κ2) is 5.71. The largest absolute Gasteiger partial charge is 0.369 e. The second-order valence-electron chi connectivity index (χ2n) is 6.96. The van der Waals surface area contributed by atoms with Gasteiger partial charge in [-0.15, -0.1) is 0 Å². The van der Waals surface area contributed by atoms with Crippen LogP contribution in [0.2, 0.25) is 0 Å². The van der Waals surface area contributed by atoms with E-state index in [9.17, 15) is 0 Å². The first-order valence-corrected chi connectivity index (χ1v) is 8.58. The molecule has 2 aliphatic heterocycles. The van der Waals surface area contributed by atoms with Crippen LogP contribution in [0, 0.1) is 5.92 Å². The lowest BCUT2D eigenvalue weighted by Crippen LogP contribution is -2.51. The molecule has 2 saturated heterocycles. The van der Waals surface area contributed by atoms with Crippen LogP contribution in [-0.2, 0) is 6.42 Å². The minimum Gasteiger partial charge on any atom is -0.369 e. The van der Waals surface area contributed by atoms with Gasteiger partial charge in [0.25, 0.3) is 0 Å². The summed E-state index contributed by atoms with van der Waals surface area (Å²) < 4.78 is 0. The van der Waals surface area contributed by atoms with Crippen molar-refractivity contribution in [2.24, 2.45) is 5.92 Å². The van der Waals surface area contributed by atoms with E-state index in [0.717, 1.165) is 24.4 Å². The highest BCUT2D eigenvalue weighted by atomic mass is 15.2. The van der Waals surface area contributed by atoms with Gasteiger partial charge >= 0.3 is 0 Å². The SMILES string of the molecule is C1=CCC(N2[C@@H]3CCC[C@H]2C[C@@H](Cc2ccccc2)C3)=C1. The van der Waals surface area contributed by atoms with Gasteiger partial charge in [-0.25, -0.2) is 0 Å². The summed E-state index contributed by atoms with van der Waals surface area (Å²) in [5.74, 6) is 0.883. The van der Waals surface area contributed by atoms with Crippen LogP contribution >= 0.6 is 0 Å². The third kappa shape index (κ3) is 2.66. The molecule has 1 aliphatic carbocycles. The molecule has 0 unspecified atom stereocenters. The molecule has 2 fully saturated rings. The predicted octanol–water partition coefficient (Wildman–Crippen LogP) is 4.71. The highest BCUT2D eigenvalue weighted by molar-refractivity contribution is 5.25. The van der Waals surface area contributed by atoms with Crippen molar-refractivity contribution < 1.29 is 0 Å². The van der Waals surface area contributed by atoms with E-state index in [1.54, 1.807) is 5.70 Å². The first kappa shape index (κ1) is 13.2. The minimum absolute atomic E-state index is 0.803. The van der Waals surface area contributed by atoms with Crippen LogP contribution in [0.1, 0.15) is 44.1 Å². The normalized spacial score (nSPS) is 31.3. The Morgan fingerprint density at radius 1 is 1.00 bits per heavy atom. The third-order valence-corrected chi connectivity index (χ3v) is 5.52. The summed E-state index contributed by atoms with van der Waals surface area (Å²) in [7, 11) is 0. The van der Waals surface area contributed by atoms with Gasteiger partial charge in [-0.05, 0) is 56.1 Å². The fourth-order valence-corrected chi connectivity index (χ4v) is 4.70. The molecule has 3 atom stereocenters. The molecule has 1 heteroatoms. The van der Waals surface area contributed by atoms with E-state index in [2.05, 4.69) is 53.5 Å². The Hall–Kier alpha value is -1.50. The lowest BCUT2D eigenvalue weighted by atomic mass is 9.76. The molecule has 0 radical (unpaired) electrons. The zero-order valence-electron chi connectivity index (χ0n) is 12.7. The molecule has 4 rings (SSSR count). The molecule has 0 saturated carbocycles. The van der Waals surface area contributed by atoms with Crippen LogP contribution in [0.4, 0.5) is 0 Å². The molecule has 21 heavy (non-hydrogen) atoms. The molecular weight excluding hydrogens is 254 g/mol. The van der Waals surface area contributed by atoms with Crippen molar-refractivity contribution >= 4 is 0 Å². The van der Waals surface area contributed by atoms with Crippen LogP contribution < -0.4 is 0 Å². The van der Waals surface area contributed by atoms with Gasteiger partial charge in [0.15, 0.2) is 0 Å². The van der Waals surface area contributed by atoms with E-state index in [0.29, 0.717) is 0 Å². The van der Waals surface area contributed by atoms with Crippen molar-refractivity contribution in [2.75, 3.05) is 0 Å². The van der Waals surface area contributed by atoms with Crippen molar-refractivity contribution in [3.63, 3.8) is 0 Å². The Balaban J connectivity index is 1.48. The number of hydrogen-bond donors (Lipinski definition) is 0. The van der Waals surface area contributed by atoms with Gasteiger partial charge in [0, 0.05) is 24.2 Å². The smallest absolute Gasteiger partial charge is 0.0292 e. The molecule has 1 aromatic rings. The summed E-state index contributed by atoms with van der Waals surface area (Å²) in [6, 6.07) is 12.7. The lowest BCUT2D eigenvalue weighted by molar-refractivity contribution is 0.0423. The van der Waals surface area contributed by atoms with Crippen LogP contribution in [0.25, 0.3) is 0 Å². The van der Waals surface area contributed by atoms with E-state index < -0.39 is 0 Å². The molecule has 0 amide bonds. The van der Waals surface area contributed by atoms with E-state index >= 15 is 0 Å². The Labute approximate surface area is 128 Å². The first-order chi connectivity index (χ1) is 10.4. The minimum atomic E-state index is 0.803. The maximum atomic E-state index is 2.80. The van der Waals surface area contributed by atoms with Gasteiger partial charge < -0.3 is 4.90 Å². The van der Waals surface area contributed by atoms with E-state index in [4.69, 9.17) is 0 Å². The fourth-order valence-electron chi connectivity index (χ4n) is 4.70. The maximum Gasteiger partial charge on any atom is 0.0292 e. The number of piperidine rings is 2. The van der Waals surface area contributed by atoms with E-state index in [-0.39, 0.29) is 0 Å². The Bertz CT molecular complexity index is 528. The Kier molecular flexibility index (Phi) is 3.58. The summed E-state index contributed by atoms with van der Waals surface area (Å²) in [5, 5.41) is 0. The van der Waals surface area contributed by atoms with Crippen molar-refractivity contribution in [1.82, 2.24) is 4.90 Å². The fraction of sp³-hybridized carbons (Fsp3) is 0.500. The lowest BCUT2D eigenvalue weighted by Gasteiger charge is -2.51. The summed E-state index contributed by atoms with van der Waals surface area (Å²) in [6.07, 6.45) is 16.4. The van der Waals surface area contributed by atoms with Gasteiger partial charge in [-0.2, -0.15) is 0 Å². The Morgan fingerprint density at radius 2 is 1.76 bits per heavy atom. The molecule has 110 valence electrons.